The fourth-order valence-corrected chi connectivity index (χ4v) is 2.24. The lowest BCUT2D eigenvalue weighted by Gasteiger charge is -2.34. The molecule has 1 fully saturated rings. The van der Waals surface area contributed by atoms with Crippen LogP contribution in [0.5, 0.6) is 0 Å². The minimum atomic E-state index is 0.143. The lowest BCUT2D eigenvalue weighted by molar-refractivity contribution is -0.121. The maximum absolute atomic E-state index is 11.3. The highest BCUT2D eigenvalue weighted by Gasteiger charge is 2.21. The summed E-state index contributed by atoms with van der Waals surface area (Å²) in [7, 11) is 0. The van der Waals surface area contributed by atoms with Gasteiger partial charge in [0.05, 0.1) is 0 Å². The fourth-order valence-electron chi connectivity index (χ4n) is 2.24. The highest BCUT2D eigenvalue weighted by molar-refractivity contribution is 5.75. The third kappa shape index (κ3) is 4.62. The lowest BCUT2D eigenvalue weighted by atomic mass is 9.96. The minimum Gasteiger partial charge on any atom is -0.356 e. The van der Waals surface area contributed by atoms with Gasteiger partial charge in [-0.05, 0) is 19.3 Å². The maximum atomic E-state index is 11.3. The second-order valence-corrected chi connectivity index (χ2v) is 4.56. The van der Waals surface area contributed by atoms with E-state index < -0.39 is 0 Å². The molecule has 1 rings (SSSR count). The molecule has 0 aromatic heterocycles. The Labute approximate surface area is 92.2 Å². The minimum absolute atomic E-state index is 0.143. The number of nitrogens with one attached hydrogen (secondary N) is 1. The van der Waals surface area contributed by atoms with Crippen molar-refractivity contribution in [3.05, 3.63) is 0 Å². The van der Waals surface area contributed by atoms with E-state index in [1.807, 2.05) is 6.92 Å². The van der Waals surface area contributed by atoms with Gasteiger partial charge in [-0.15, -0.1) is 0 Å². The number of amides is 1. The van der Waals surface area contributed by atoms with E-state index in [2.05, 4.69) is 17.1 Å². The molecule has 88 valence electrons. The number of likely N-dealkylation sites (tertiary alicyclic amines) is 1. The van der Waals surface area contributed by atoms with Crippen LogP contribution in [0.25, 0.3) is 0 Å². The molecule has 3 N–H and O–H groups in total. The molecule has 4 heteroatoms. The van der Waals surface area contributed by atoms with E-state index in [0.717, 1.165) is 32.6 Å². The molecule has 1 saturated heterocycles. The fraction of sp³-hybridized carbons (Fsp3) is 0.909. The lowest BCUT2D eigenvalue weighted by Crippen LogP contribution is -2.47. The Morgan fingerprint density at radius 1 is 1.53 bits per heavy atom. The molecule has 4 nitrogen and oxygen atoms in total. The topological polar surface area (TPSA) is 58.4 Å². The number of nitrogens with zero attached hydrogens (tertiary/aromatic N) is 1. The van der Waals surface area contributed by atoms with Gasteiger partial charge in [0.25, 0.3) is 0 Å². The Morgan fingerprint density at radius 3 is 2.87 bits per heavy atom. The first kappa shape index (κ1) is 12.5. The Bertz CT molecular complexity index is 198. The number of hydrogen-bond donors (Lipinski definition) is 2. The summed E-state index contributed by atoms with van der Waals surface area (Å²) in [6.07, 6.45) is 1.70. The van der Waals surface area contributed by atoms with Crippen molar-refractivity contribution in [1.82, 2.24) is 10.2 Å². The van der Waals surface area contributed by atoms with Crippen LogP contribution in [0.1, 0.15) is 26.7 Å². The summed E-state index contributed by atoms with van der Waals surface area (Å²) in [6.45, 7) is 7.73. The molecule has 0 aromatic carbocycles. The van der Waals surface area contributed by atoms with Gasteiger partial charge in [-0.25, -0.2) is 0 Å². The van der Waals surface area contributed by atoms with Crippen LogP contribution < -0.4 is 11.1 Å². The summed E-state index contributed by atoms with van der Waals surface area (Å²) < 4.78 is 0. The monoisotopic (exact) mass is 213 g/mol. The Hall–Kier alpha value is -0.610. The molecule has 2 atom stereocenters. The number of rotatable bonds is 4. The second-order valence-electron chi connectivity index (χ2n) is 4.56. The van der Waals surface area contributed by atoms with Crippen molar-refractivity contribution in [3.63, 3.8) is 0 Å². The molecular weight excluding hydrogens is 190 g/mol. The molecule has 0 aromatic rings. The van der Waals surface area contributed by atoms with E-state index in [0.29, 0.717) is 12.3 Å². The number of carbonyl (C=O) groups is 1. The summed E-state index contributed by atoms with van der Waals surface area (Å²) in [4.78, 5) is 13.6. The molecule has 0 aliphatic carbocycles. The van der Waals surface area contributed by atoms with Crippen LogP contribution in [-0.4, -0.2) is 43.0 Å². The molecule has 0 radical (unpaired) electrons. The van der Waals surface area contributed by atoms with Crippen molar-refractivity contribution >= 4 is 5.91 Å². The molecule has 1 aliphatic rings. The molecule has 1 heterocycles. The zero-order valence-electron chi connectivity index (χ0n) is 9.83. The quantitative estimate of drug-likeness (QED) is 0.700. The van der Waals surface area contributed by atoms with Crippen molar-refractivity contribution in [2.75, 3.05) is 26.2 Å². The molecular formula is C11H23N3O. The number of hydrogen-bond acceptors (Lipinski definition) is 3. The van der Waals surface area contributed by atoms with Gasteiger partial charge in [0, 0.05) is 38.6 Å². The zero-order valence-corrected chi connectivity index (χ0v) is 9.83. The first-order valence-corrected chi connectivity index (χ1v) is 5.86. The van der Waals surface area contributed by atoms with E-state index in [1.165, 1.54) is 0 Å². The molecule has 0 spiro atoms. The summed E-state index contributed by atoms with van der Waals surface area (Å²) in [6, 6.07) is 0.281. The first-order chi connectivity index (χ1) is 7.11. The largest absolute Gasteiger partial charge is 0.356 e. The van der Waals surface area contributed by atoms with E-state index in [9.17, 15) is 4.79 Å². The molecule has 0 bridgehead atoms. The van der Waals surface area contributed by atoms with Gasteiger partial charge in [0.1, 0.15) is 0 Å². The van der Waals surface area contributed by atoms with Crippen LogP contribution in [0.2, 0.25) is 0 Å². The number of carbonyl (C=O) groups excluding carboxylic acids is 1. The molecule has 2 unspecified atom stereocenters. The average molecular weight is 213 g/mol. The van der Waals surface area contributed by atoms with Crippen molar-refractivity contribution in [2.24, 2.45) is 11.7 Å². The maximum Gasteiger partial charge on any atom is 0.221 e. The summed E-state index contributed by atoms with van der Waals surface area (Å²) in [5, 5.41) is 2.81. The Balaban J connectivity index is 2.23. The Kier molecular flexibility index (Phi) is 5.05. The average Bonchev–Trinajstić information content (AvgIpc) is 2.14. The molecule has 1 aliphatic heterocycles. The van der Waals surface area contributed by atoms with E-state index in [-0.39, 0.29) is 11.9 Å². The van der Waals surface area contributed by atoms with Crippen LogP contribution in [-0.2, 0) is 4.79 Å². The van der Waals surface area contributed by atoms with Gasteiger partial charge in [-0.1, -0.05) is 6.92 Å². The predicted molar refractivity (Wildman–Crippen MR) is 61.5 cm³/mol. The first-order valence-electron chi connectivity index (χ1n) is 5.86. The normalized spacial score (nSPS) is 27.7. The van der Waals surface area contributed by atoms with E-state index in [4.69, 9.17) is 5.73 Å². The van der Waals surface area contributed by atoms with Crippen molar-refractivity contribution in [1.29, 1.82) is 0 Å². The van der Waals surface area contributed by atoms with Gasteiger partial charge < -0.3 is 16.0 Å². The van der Waals surface area contributed by atoms with E-state index in [1.54, 1.807) is 0 Å². The Morgan fingerprint density at radius 2 is 2.27 bits per heavy atom. The van der Waals surface area contributed by atoms with Gasteiger partial charge in [0.2, 0.25) is 5.91 Å². The molecule has 0 saturated carbocycles. The van der Waals surface area contributed by atoms with E-state index >= 15 is 0 Å². The van der Waals surface area contributed by atoms with Crippen molar-refractivity contribution in [2.45, 2.75) is 32.7 Å². The van der Waals surface area contributed by atoms with Crippen LogP contribution >= 0.6 is 0 Å². The summed E-state index contributed by atoms with van der Waals surface area (Å²) >= 11 is 0. The van der Waals surface area contributed by atoms with Crippen molar-refractivity contribution < 1.29 is 4.79 Å². The van der Waals surface area contributed by atoms with Crippen molar-refractivity contribution in [3.8, 4) is 0 Å². The smallest absolute Gasteiger partial charge is 0.221 e. The van der Waals surface area contributed by atoms with Gasteiger partial charge in [0.15, 0.2) is 0 Å². The number of piperidine rings is 1. The summed E-state index contributed by atoms with van der Waals surface area (Å²) in [5.41, 5.74) is 5.94. The van der Waals surface area contributed by atoms with Crippen LogP contribution in [0.15, 0.2) is 0 Å². The predicted octanol–water partition coefficient (Wildman–Crippen LogP) is 0.182. The van der Waals surface area contributed by atoms with Crippen LogP contribution in [0, 0.1) is 5.92 Å². The zero-order chi connectivity index (χ0) is 11.3. The highest BCUT2D eigenvalue weighted by atomic mass is 16.1. The highest BCUT2D eigenvalue weighted by Crippen LogP contribution is 2.14. The summed E-state index contributed by atoms with van der Waals surface area (Å²) in [5.74, 6) is 0.798. The number of nitrogens with two attached hydrogens (primary N) is 1. The standard InChI is InChI=1S/C11H23N3O/c1-3-13-11(15)4-5-14-7-9(2)6-10(12)8-14/h9-10H,3-8,12H2,1-2H3,(H,13,15). The third-order valence-corrected chi connectivity index (χ3v) is 2.80. The second kappa shape index (κ2) is 6.08. The van der Waals surface area contributed by atoms with Gasteiger partial charge in [-0.2, -0.15) is 0 Å². The van der Waals surface area contributed by atoms with Crippen LogP contribution in [0.3, 0.4) is 0 Å². The molecule has 1 amide bonds. The van der Waals surface area contributed by atoms with Gasteiger partial charge >= 0.3 is 0 Å². The SMILES string of the molecule is CCNC(=O)CCN1CC(C)CC(N)C1. The van der Waals surface area contributed by atoms with Gasteiger partial charge in [-0.3, -0.25) is 4.79 Å². The van der Waals surface area contributed by atoms with Crippen LogP contribution in [0.4, 0.5) is 0 Å². The molecule has 15 heavy (non-hydrogen) atoms. The third-order valence-electron chi connectivity index (χ3n) is 2.80.